The maximum Gasteiger partial charge on any atom is 0.276 e. The fourth-order valence-electron chi connectivity index (χ4n) is 2.83. The van der Waals surface area contributed by atoms with Crippen molar-refractivity contribution in [3.8, 4) is 0 Å². The fraction of sp³-hybridized carbons (Fsp3) is 0.0500. The van der Waals surface area contributed by atoms with Gasteiger partial charge in [-0.15, -0.1) is 0 Å². The van der Waals surface area contributed by atoms with Gasteiger partial charge in [0.1, 0.15) is 5.82 Å². The SMILES string of the molecule is O=C(Nc1cccc(Cl)c1)c1nc(Cc2cccnc2)n2ccccc12. The van der Waals surface area contributed by atoms with Crippen LogP contribution in [-0.4, -0.2) is 20.3 Å². The highest BCUT2D eigenvalue weighted by atomic mass is 35.5. The van der Waals surface area contributed by atoms with E-state index < -0.39 is 0 Å². The van der Waals surface area contributed by atoms with Crippen molar-refractivity contribution in [1.29, 1.82) is 0 Å². The number of amides is 1. The van der Waals surface area contributed by atoms with Gasteiger partial charge in [-0.05, 0) is 42.0 Å². The number of halogens is 1. The van der Waals surface area contributed by atoms with Gasteiger partial charge in [-0.1, -0.05) is 29.8 Å². The molecule has 0 unspecified atom stereocenters. The highest BCUT2D eigenvalue weighted by Gasteiger charge is 2.17. The molecule has 0 fully saturated rings. The third-order valence-corrected chi connectivity index (χ3v) is 4.24. The average molecular weight is 363 g/mol. The van der Waals surface area contributed by atoms with Gasteiger partial charge in [0, 0.05) is 35.7 Å². The van der Waals surface area contributed by atoms with E-state index in [9.17, 15) is 4.79 Å². The Labute approximate surface area is 155 Å². The summed E-state index contributed by atoms with van der Waals surface area (Å²) in [6.45, 7) is 0. The molecular weight excluding hydrogens is 348 g/mol. The van der Waals surface area contributed by atoms with E-state index in [0.717, 1.165) is 16.9 Å². The largest absolute Gasteiger partial charge is 0.321 e. The minimum Gasteiger partial charge on any atom is -0.321 e. The van der Waals surface area contributed by atoms with E-state index >= 15 is 0 Å². The maximum atomic E-state index is 12.8. The topological polar surface area (TPSA) is 59.3 Å². The lowest BCUT2D eigenvalue weighted by molar-refractivity contribution is 0.102. The molecule has 1 N–H and O–H groups in total. The molecular formula is C20H15ClN4O. The molecule has 0 saturated carbocycles. The van der Waals surface area contributed by atoms with Crippen LogP contribution in [0.3, 0.4) is 0 Å². The van der Waals surface area contributed by atoms with Crippen LogP contribution < -0.4 is 5.32 Å². The number of hydrogen-bond donors (Lipinski definition) is 1. The second-order valence-electron chi connectivity index (χ2n) is 5.84. The first-order valence-electron chi connectivity index (χ1n) is 8.12. The van der Waals surface area contributed by atoms with Crippen molar-refractivity contribution in [3.63, 3.8) is 0 Å². The molecule has 0 aliphatic rings. The lowest BCUT2D eigenvalue weighted by atomic mass is 10.2. The lowest BCUT2D eigenvalue weighted by Gasteiger charge is -2.03. The van der Waals surface area contributed by atoms with Gasteiger partial charge in [0.2, 0.25) is 0 Å². The molecule has 1 amide bonds. The van der Waals surface area contributed by atoms with Crippen LogP contribution in [0.1, 0.15) is 21.9 Å². The zero-order chi connectivity index (χ0) is 17.9. The number of nitrogens with zero attached hydrogens (tertiary/aromatic N) is 3. The minimum atomic E-state index is -0.270. The summed E-state index contributed by atoms with van der Waals surface area (Å²) in [6.07, 6.45) is 6.03. The number of carbonyl (C=O) groups excluding carboxylic acids is 1. The van der Waals surface area contributed by atoms with E-state index in [1.165, 1.54) is 0 Å². The molecule has 3 aromatic heterocycles. The Kier molecular flexibility index (Phi) is 4.37. The Balaban J connectivity index is 1.70. The Morgan fingerprint density at radius 2 is 2.04 bits per heavy atom. The third kappa shape index (κ3) is 3.30. The monoisotopic (exact) mass is 362 g/mol. The van der Waals surface area contributed by atoms with Gasteiger partial charge in [0.05, 0.1) is 5.52 Å². The lowest BCUT2D eigenvalue weighted by Crippen LogP contribution is -2.12. The first-order chi connectivity index (χ1) is 12.7. The van der Waals surface area contributed by atoms with Crippen molar-refractivity contribution in [2.75, 3.05) is 5.32 Å². The Morgan fingerprint density at radius 1 is 1.12 bits per heavy atom. The molecule has 4 rings (SSSR count). The predicted octanol–water partition coefficient (Wildman–Crippen LogP) is 4.23. The van der Waals surface area contributed by atoms with Gasteiger partial charge >= 0.3 is 0 Å². The van der Waals surface area contributed by atoms with Crippen LogP contribution in [0.5, 0.6) is 0 Å². The highest BCUT2D eigenvalue weighted by molar-refractivity contribution is 6.31. The zero-order valence-electron chi connectivity index (χ0n) is 13.8. The second kappa shape index (κ2) is 6.98. The smallest absolute Gasteiger partial charge is 0.276 e. The van der Waals surface area contributed by atoms with E-state index in [1.54, 1.807) is 36.7 Å². The van der Waals surface area contributed by atoms with Crippen LogP contribution in [-0.2, 0) is 6.42 Å². The van der Waals surface area contributed by atoms with E-state index in [2.05, 4.69) is 15.3 Å². The summed E-state index contributed by atoms with van der Waals surface area (Å²) >= 11 is 5.99. The standard InChI is InChI=1S/C20H15ClN4O/c21-15-6-3-7-16(12-15)23-20(26)19-17-8-1-2-10-25(17)18(24-19)11-14-5-4-9-22-13-14/h1-10,12-13H,11H2,(H,23,26). The van der Waals surface area contributed by atoms with Gasteiger partial charge in [-0.25, -0.2) is 4.98 Å². The molecule has 4 aromatic rings. The third-order valence-electron chi connectivity index (χ3n) is 4.00. The Bertz CT molecular complexity index is 1080. The van der Waals surface area contributed by atoms with Crippen LogP contribution >= 0.6 is 11.6 Å². The molecule has 0 aliphatic heterocycles. The van der Waals surface area contributed by atoms with Crippen molar-refractivity contribution >= 4 is 28.7 Å². The number of aromatic nitrogens is 3. The van der Waals surface area contributed by atoms with E-state index in [4.69, 9.17) is 11.6 Å². The van der Waals surface area contributed by atoms with Crippen molar-refractivity contribution in [2.24, 2.45) is 0 Å². The molecule has 1 aromatic carbocycles. The van der Waals surface area contributed by atoms with Crippen molar-refractivity contribution in [3.05, 3.63) is 95.3 Å². The van der Waals surface area contributed by atoms with E-state index in [1.807, 2.05) is 40.9 Å². The van der Waals surface area contributed by atoms with Crippen molar-refractivity contribution in [2.45, 2.75) is 6.42 Å². The molecule has 0 atom stereocenters. The maximum absolute atomic E-state index is 12.8. The van der Waals surface area contributed by atoms with Gasteiger partial charge in [0.25, 0.3) is 5.91 Å². The molecule has 0 saturated heterocycles. The number of benzene rings is 1. The first-order valence-corrected chi connectivity index (χ1v) is 8.50. The molecule has 0 radical (unpaired) electrons. The molecule has 128 valence electrons. The van der Waals surface area contributed by atoms with Gasteiger partial charge in [0.15, 0.2) is 5.69 Å². The summed E-state index contributed by atoms with van der Waals surface area (Å²) in [7, 11) is 0. The second-order valence-corrected chi connectivity index (χ2v) is 6.27. The normalized spacial score (nSPS) is 10.8. The number of nitrogens with one attached hydrogen (secondary N) is 1. The number of fused-ring (bicyclic) bond motifs is 1. The number of rotatable bonds is 4. The van der Waals surface area contributed by atoms with E-state index in [-0.39, 0.29) is 5.91 Å². The Morgan fingerprint density at radius 3 is 2.85 bits per heavy atom. The molecule has 6 heteroatoms. The Hall–Kier alpha value is -3.18. The summed E-state index contributed by atoms with van der Waals surface area (Å²) in [5, 5.41) is 3.42. The van der Waals surface area contributed by atoms with Crippen LogP contribution in [0.25, 0.3) is 5.52 Å². The molecule has 0 spiro atoms. The van der Waals surface area contributed by atoms with Crippen LogP contribution in [0.2, 0.25) is 5.02 Å². The number of anilines is 1. The summed E-state index contributed by atoms with van der Waals surface area (Å²) in [5.41, 5.74) is 2.80. The summed E-state index contributed by atoms with van der Waals surface area (Å²) < 4.78 is 1.93. The van der Waals surface area contributed by atoms with Gasteiger partial charge in [-0.2, -0.15) is 0 Å². The van der Waals surface area contributed by atoms with Crippen LogP contribution in [0.15, 0.2) is 73.2 Å². The van der Waals surface area contributed by atoms with Crippen LogP contribution in [0, 0.1) is 0 Å². The molecule has 0 bridgehead atoms. The van der Waals surface area contributed by atoms with Crippen molar-refractivity contribution in [1.82, 2.24) is 14.4 Å². The summed E-state index contributed by atoms with van der Waals surface area (Å²) in [5.74, 6) is 0.512. The fourth-order valence-corrected chi connectivity index (χ4v) is 3.03. The minimum absolute atomic E-state index is 0.270. The molecule has 5 nitrogen and oxygen atoms in total. The highest BCUT2D eigenvalue weighted by Crippen LogP contribution is 2.19. The summed E-state index contributed by atoms with van der Waals surface area (Å²) in [6, 6.07) is 16.6. The number of carbonyl (C=O) groups is 1. The zero-order valence-corrected chi connectivity index (χ0v) is 14.5. The number of imidazole rings is 1. The molecule has 0 aliphatic carbocycles. The molecule has 3 heterocycles. The predicted molar refractivity (Wildman–Crippen MR) is 102 cm³/mol. The number of pyridine rings is 2. The average Bonchev–Trinajstić information content (AvgIpc) is 3.01. The number of hydrogen-bond acceptors (Lipinski definition) is 3. The van der Waals surface area contributed by atoms with Crippen molar-refractivity contribution < 1.29 is 4.79 Å². The van der Waals surface area contributed by atoms with Gasteiger partial charge < -0.3 is 9.72 Å². The quantitative estimate of drug-likeness (QED) is 0.591. The van der Waals surface area contributed by atoms with E-state index in [0.29, 0.717) is 22.8 Å². The summed E-state index contributed by atoms with van der Waals surface area (Å²) in [4.78, 5) is 21.5. The van der Waals surface area contributed by atoms with Crippen LogP contribution in [0.4, 0.5) is 5.69 Å². The molecule has 26 heavy (non-hydrogen) atoms. The first kappa shape index (κ1) is 16.3. The van der Waals surface area contributed by atoms with Gasteiger partial charge in [-0.3, -0.25) is 9.78 Å².